The van der Waals surface area contributed by atoms with E-state index in [1.807, 2.05) is 0 Å². The lowest BCUT2D eigenvalue weighted by Gasteiger charge is -2.36. The SMILES string of the molecule is CCOC(=O)C(C)(C(=O)CBr)C1CCCCC1. The molecule has 1 atom stereocenters. The van der Waals surface area contributed by atoms with Gasteiger partial charge in [0, 0.05) is 0 Å². The third kappa shape index (κ3) is 3.09. The summed E-state index contributed by atoms with van der Waals surface area (Å²) in [6.07, 6.45) is 5.32. The monoisotopic (exact) mass is 304 g/mol. The Labute approximate surface area is 111 Å². The second-order valence-electron chi connectivity index (χ2n) is 4.81. The molecule has 0 saturated heterocycles. The molecular weight excluding hydrogens is 284 g/mol. The lowest BCUT2D eigenvalue weighted by atomic mass is 9.68. The molecule has 0 N–H and O–H groups in total. The molecular formula is C13H21BrO3. The summed E-state index contributed by atoms with van der Waals surface area (Å²) in [5, 5.41) is 0.221. The molecule has 1 aliphatic rings. The van der Waals surface area contributed by atoms with Gasteiger partial charge in [-0.3, -0.25) is 9.59 Å². The molecule has 0 radical (unpaired) electrons. The highest BCUT2D eigenvalue weighted by Gasteiger charge is 2.48. The Balaban J connectivity index is 2.91. The van der Waals surface area contributed by atoms with Crippen molar-refractivity contribution >= 4 is 27.7 Å². The zero-order chi connectivity index (χ0) is 12.9. The summed E-state index contributed by atoms with van der Waals surface area (Å²) in [7, 11) is 0. The number of alkyl halides is 1. The number of Topliss-reactive ketones (excluding diaryl/α,β-unsaturated/α-hetero) is 1. The number of hydrogen-bond donors (Lipinski definition) is 0. The topological polar surface area (TPSA) is 43.4 Å². The number of hydrogen-bond acceptors (Lipinski definition) is 3. The Morgan fingerprint density at radius 3 is 2.35 bits per heavy atom. The normalized spacial score (nSPS) is 20.6. The standard InChI is InChI=1S/C13H21BrO3/c1-3-17-12(16)13(2,11(15)9-14)10-7-5-4-6-8-10/h10H,3-9H2,1-2H3. The highest BCUT2D eigenvalue weighted by atomic mass is 79.9. The fourth-order valence-electron chi connectivity index (χ4n) is 2.61. The molecule has 0 heterocycles. The fourth-order valence-corrected chi connectivity index (χ4v) is 3.19. The Hall–Kier alpha value is -0.380. The highest BCUT2D eigenvalue weighted by Crippen LogP contribution is 2.40. The highest BCUT2D eigenvalue weighted by molar-refractivity contribution is 9.09. The van der Waals surface area contributed by atoms with Crippen LogP contribution >= 0.6 is 15.9 Å². The number of ether oxygens (including phenoxy) is 1. The van der Waals surface area contributed by atoms with E-state index in [4.69, 9.17) is 4.74 Å². The van der Waals surface area contributed by atoms with Crippen LogP contribution in [-0.2, 0) is 14.3 Å². The van der Waals surface area contributed by atoms with E-state index in [9.17, 15) is 9.59 Å². The predicted octanol–water partition coefficient (Wildman–Crippen LogP) is 3.10. The van der Waals surface area contributed by atoms with Crippen molar-refractivity contribution in [3.8, 4) is 0 Å². The van der Waals surface area contributed by atoms with Gasteiger partial charge in [-0.2, -0.15) is 0 Å². The summed E-state index contributed by atoms with van der Waals surface area (Å²) >= 11 is 3.18. The van der Waals surface area contributed by atoms with Crippen LogP contribution in [-0.4, -0.2) is 23.7 Å². The Morgan fingerprint density at radius 1 is 1.29 bits per heavy atom. The summed E-state index contributed by atoms with van der Waals surface area (Å²) in [5.41, 5.74) is -0.958. The molecule has 0 aromatic rings. The minimum absolute atomic E-state index is 0.0529. The summed E-state index contributed by atoms with van der Waals surface area (Å²) in [6, 6.07) is 0. The lowest BCUT2D eigenvalue weighted by Crippen LogP contribution is -2.45. The van der Waals surface area contributed by atoms with E-state index < -0.39 is 5.41 Å². The predicted molar refractivity (Wildman–Crippen MR) is 70.1 cm³/mol. The van der Waals surface area contributed by atoms with Crippen LogP contribution in [0.25, 0.3) is 0 Å². The van der Waals surface area contributed by atoms with Crippen LogP contribution in [0.3, 0.4) is 0 Å². The number of esters is 1. The summed E-state index contributed by atoms with van der Waals surface area (Å²) < 4.78 is 5.10. The van der Waals surface area contributed by atoms with Crippen LogP contribution < -0.4 is 0 Å². The van der Waals surface area contributed by atoms with Gasteiger partial charge in [0.1, 0.15) is 5.41 Å². The number of carbonyl (C=O) groups is 2. The molecule has 1 rings (SSSR count). The fraction of sp³-hybridized carbons (Fsp3) is 0.846. The zero-order valence-electron chi connectivity index (χ0n) is 10.6. The van der Waals surface area contributed by atoms with Gasteiger partial charge in [-0.15, -0.1) is 0 Å². The summed E-state index contributed by atoms with van der Waals surface area (Å²) in [5.74, 6) is -0.264. The van der Waals surface area contributed by atoms with Gasteiger partial charge >= 0.3 is 5.97 Å². The van der Waals surface area contributed by atoms with E-state index in [2.05, 4.69) is 15.9 Å². The first-order valence-electron chi connectivity index (χ1n) is 6.33. The molecule has 0 amide bonds. The van der Waals surface area contributed by atoms with Crippen LogP contribution in [0.15, 0.2) is 0 Å². The van der Waals surface area contributed by atoms with Gasteiger partial charge < -0.3 is 4.74 Å². The quantitative estimate of drug-likeness (QED) is 0.445. The largest absolute Gasteiger partial charge is 0.465 e. The van der Waals surface area contributed by atoms with Crippen LogP contribution in [0.5, 0.6) is 0 Å². The molecule has 0 bridgehead atoms. The van der Waals surface area contributed by atoms with Crippen LogP contribution in [0.1, 0.15) is 46.0 Å². The number of rotatable bonds is 5. The van der Waals surface area contributed by atoms with Crippen molar-refractivity contribution in [2.45, 2.75) is 46.0 Å². The number of halogens is 1. The van der Waals surface area contributed by atoms with Crippen molar-refractivity contribution in [2.24, 2.45) is 11.3 Å². The van der Waals surface area contributed by atoms with Gasteiger partial charge in [-0.1, -0.05) is 35.2 Å². The Morgan fingerprint density at radius 2 is 1.88 bits per heavy atom. The maximum Gasteiger partial charge on any atom is 0.319 e. The second kappa shape index (κ2) is 6.53. The molecule has 0 aliphatic heterocycles. The van der Waals surface area contributed by atoms with Gasteiger partial charge in [-0.25, -0.2) is 0 Å². The maximum absolute atomic E-state index is 12.1. The molecule has 17 heavy (non-hydrogen) atoms. The van der Waals surface area contributed by atoms with E-state index in [1.165, 1.54) is 6.42 Å². The van der Waals surface area contributed by atoms with E-state index in [0.29, 0.717) is 6.61 Å². The number of ketones is 1. The minimum atomic E-state index is -0.958. The lowest BCUT2D eigenvalue weighted by molar-refractivity contribution is -0.163. The molecule has 1 fully saturated rings. The smallest absolute Gasteiger partial charge is 0.319 e. The molecule has 3 nitrogen and oxygen atoms in total. The van der Waals surface area contributed by atoms with Gasteiger partial charge in [-0.05, 0) is 32.6 Å². The minimum Gasteiger partial charge on any atom is -0.465 e. The van der Waals surface area contributed by atoms with Gasteiger partial charge in [0.2, 0.25) is 0 Å². The van der Waals surface area contributed by atoms with Crippen molar-refractivity contribution in [1.82, 2.24) is 0 Å². The van der Waals surface area contributed by atoms with Crippen molar-refractivity contribution in [1.29, 1.82) is 0 Å². The molecule has 1 saturated carbocycles. The average molecular weight is 305 g/mol. The third-order valence-corrected chi connectivity index (χ3v) is 4.33. The first kappa shape index (κ1) is 14.7. The molecule has 98 valence electrons. The average Bonchev–Trinajstić information content (AvgIpc) is 2.38. The first-order valence-corrected chi connectivity index (χ1v) is 7.46. The Bertz CT molecular complexity index is 284. The van der Waals surface area contributed by atoms with E-state index in [-0.39, 0.29) is 23.0 Å². The molecule has 4 heteroatoms. The van der Waals surface area contributed by atoms with Crippen molar-refractivity contribution < 1.29 is 14.3 Å². The van der Waals surface area contributed by atoms with Crippen LogP contribution in [0.2, 0.25) is 0 Å². The van der Waals surface area contributed by atoms with Crippen molar-refractivity contribution in [2.75, 3.05) is 11.9 Å². The van der Waals surface area contributed by atoms with Crippen molar-refractivity contribution in [3.05, 3.63) is 0 Å². The maximum atomic E-state index is 12.1. The van der Waals surface area contributed by atoms with E-state index in [1.54, 1.807) is 13.8 Å². The van der Waals surface area contributed by atoms with Gasteiger partial charge in [0.25, 0.3) is 0 Å². The van der Waals surface area contributed by atoms with Crippen LogP contribution in [0.4, 0.5) is 0 Å². The molecule has 0 spiro atoms. The molecule has 0 aromatic heterocycles. The number of carbonyl (C=O) groups excluding carboxylic acids is 2. The van der Waals surface area contributed by atoms with Gasteiger partial charge in [0.15, 0.2) is 5.78 Å². The van der Waals surface area contributed by atoms with E-state index >= 15 is 0 Å². The third-order valence-electron chi connectivity index (χ3n) is 3.82. The van der Waals surface area contributed by atoms with Crippen molar-refractivity contribution in [3.63, 3.8) is 0 Å². The molecule has 1 unspecified atom stereocenters. The van der Waals surface area contributed by atoms with E-state index in [0.717, 1.165) is 25.7 Å². The summed E-state index contributed by atoms with van der Waals surface area (Å²) in [4.78, 5) is 24.2. The Kier molecular flexibility index (Phi) is 5.63. The van der Waals surface area contributed by atoms with Crippen LogP contribution in [0, 0.1) is 11.3 Å². The molecule has 0 aromatic carbocycles. The first-order chi connectivity index (χ1) is 8.07. The van der Waals surface area contributed by atoms with Gasteiger partial charge in [0.05, 0.1) is 11.9 Å². The molecule has 1 aliphatic carbocycles. The zero-order valence-corrected chi connectivity index (χ0v) is 12.2. The second-order valence-corrected chi connectivity index (χ2v) is 5.38. The summed E-state index contributed by atoms with van der Waals surface area (Å²) in [6.45, 7) is 3.86.